The van der Waals surface area contributed by atoms with E-state index in [0.29, 0.717) is 11.1 Å². The van der Waals surface area contributed by atoms with Crippen molar-refractivity contribution in [3.63, 3.8) is 0 Å². The largest absolute Gasteiger partial charge is 0.573 e. The van der Waals surface area contributed by atoms with Crippen molar-refractivity contribution < 1.29 is 32.6 Å². The maximum absolute atomic E-state index is 13.1. The molecule has 0 saturated carbocycles. The van der Waals surface area contributed by atoms with E-state index in [1.165, 1.54) is 24.5 Å². The average Bonchev–Trinajstić information content (AvgIpc) is 3.05. The molecule has 1 atom stereocenters. The molecular weight excluding hydrogens is 517 g/mol. The number of amides is 1. The fraction of sp³-hybridized carbons (Fsp3) is 0.125. The Morgan fingerprint density at radius 3 is 2.53 bits per heavy atom. The third-order valence-corrected chi connectivity index (χ3v) is 6.10. The summed E-state index contributed by atoms with van der Waals surface area (Å²) in [6, 6.07) is 11.7. The van der Waals surface area contributed by atoms with Crippen LogP contribution in [0.5, 0.6) is 5.75 Å². The van der Waals surface area contributed by atoms with Gasteiger partial charge in [-0.25, -0.2) is 0 Å². The number of ether oxygens (including phenoxy) is 1. The molecule has 174 valence electrons. The molecule has 4 rings (SSSR count). The quantitative estimate of drug-likeness (QED) is 0.265. The molecule has 0 radical (unpaired) electrons. The number of hydrogen-bond acceptors (Lipinski definition) is 5. The molecule has 3 aromatic rings. The van der Waals surface area contributed by atoms with Gasteiger partial charge in [-0.1, -0.05) is 34.1 Å². The van der Waals surface area contributed by atoms with Gasteiger partial charge in [0.2, 0.25) is 0 Å². The molecule has 1 aliphatic heterocycles. The van der Waals surface area contributed by atoms with E-state index in [0.717, 1.165) is 27.1 Å². The lowest BCUT2D eigenvalue weighted by Gasteiger charge is -2.25. The van der Waals surface area contributed by atoms with E-state index < -0.39 is 35.6 Å². The average molecular weight is 533 g/mol. The third-order valence-electron chi connectivity index (χ3n) is 5.21. The molecule has 0 spiro atoms. The Bertz CT molecular complexity index is 1310. The molecule has 1 aliphatic rings. The number of pyridine rings is 1. The van der Waals surface area contributed by atoms with Crippen LogP contribution in [0.2, 0.25) is 0 Å². The molecule has 0 bridgehead atoms. The summed E-state index contributed by atoms with van der Waals surface area (Å²) in [7, 11) is 0. The van der Waals surface area contributed by atoms with Crippen molar-refractivity contribution in [2.45, 2.75) is 19.3 Å². The maximum Gasteiger partial charge on any atom is 0.573 e. The van der Waals surface area contributed by atoms with Crippen LogP contribution in [0.1, 0.15) is 22.7 Å². The molecule has 1 unspecified atom stereocenters. The van der Waals surface area contributed by atoms with Crippen molar-refractivity contribution in [1.29, 1.82) is 0 Å². The second kappa shape index (κ2) is 8.94. The molecule has 1 fully saturated rings. The van der Waals surface area contributed by atoms with Crippen molar-refractivity contribution in [2.24, 2.45) is 0 Å². The number of aryl methyl sites for hydroxylation is 1. The monoisotopic (exact) mass is 532 g/mol. The normalized spacial score (nSPS) is 17.8. The standard InChI is InChI=1S/C24H16BrF3N2O4/c1-13-10-14(7-8-18(13)25)21(31)19-20(15-4-3-9-29-12-15)30(23(33)22(19)32)16-5-2-6-17(11-16)34-24(26,27)28/h2-12,20,31H,1H3/b21-19+. The smallest absolute Gasteiger partial charge is 0.507 e. The number of aliphatic hydroxyl groups is 1. The summed E-state index contributed by atoms with van der Waals surface area (Å²) in [6.07, 6.45) is -2.03. The first-order chi connectivity index (χ1) is 16.1. The highest BCUT2D eigenvalue weighted by atomic mass is 79.9. The fourth-order valence-electron chi connectivity index (χ4n) is 3.73. The molecule has 10 heteroatoms. The first kappa shape index (κ1) is 23.5. The maximum atomic E-state index is 13.1. The number of Topliss-reactive ketones (excluding diaryl/α,β-unsaturated/α-hetero) is 1. The number of rotatable bonds is 4. The minimum Gasteiger partial charge on any atom is -0.507 e. The molecule has 6 nitrogen and oxygen atoms in total. The van der Waals surface area contributed by atoms with E-state index in [1.807, 2.05) is 0 Å². The molecule has 1 amide bonds. The number of nitrogens with zero attached hydrogens (tertiary/aromatic N) is 2. The lowest BCUT2D eigenvalue weighted by atomic mass is 9.95. The highest BCUT2D eigenvalue weighted by Gasteiger charge is 2.47. The summed E-state index contributed by atoms with van der Waals surface area (Å²) in [5.74, 6) is -2.95. The van der Waals surface area contributed by atoms with E-state index in [2.05, 4.69) is 25.7 Å². The van der Waals surface area contributed by atoms with Crippen LogP contribution >= 0.6 is 15.9 Å². The summed E-state index contributed by atoms with van der Waals surface area (Å²) in [4.78, 5) is 31.3. The number of alkyl halides is 3. The number of aliphatic hydroxyl groups excluding tert-OH is 1. The Kier molecular flexibility index (Phi) is 6.18. The number of carbonyl (C=O) groups excluding carboxylic acids is 2. The molecule has 0 aliphatic carbocycles. The van der Waals surface area contributed by atoms with Gasteiger partial charge in [-0.3, -0.25) is 19.5 Å². The van der Waals surface area contributed by atoms with Gasteiger partial charge in [-0.2, -0.15) is 0 Å². The summed E-state index contributed by atoms with van der Waals surface area (Å²) in [5, 5.41) is 11.1. The van der Waals surface area contributed by atoms with Crippen LogP contribution in [0, 0.1) is 6.92 Å². The molecule has 1 N–H and O–H groups in total. The van der Waals surface area contributed by atoms with Crippen molar-refractivity contribution >= 4 is 39.1 Å². The number of halogens is 4. The number of carbonyl (C=O) groups is 2. The lowest BCUT2D eigenvalue weighted by molar-refractivity contribution is -0.274. The van der Waals surface area contributed by atoms with Gasteiger partial charge in [0.15, 0.2) is 0 Å². The minimum absolute atomic E-state index is 0.0104. The van der Waals surface area contributed by atoms with E-state index in [1.54, 1.807) is 37.3 Å². The minimum atomic E-state index is -4.94. The predicted octanol–water partition coefficient (Wildman–Crippen LogP) is 5.68. The molecule has 1 aromatic heterocycles. The zero-order valence-corrected chi connectivity index (χ0v) is 19.1. The summed E-state index contributed by atoms with van der Waals surface area (Å²) < 4.78 is 43.0. The van der Waals surface area contributed by atoms with E-state index >= 15 is 0 Å². The van der Waals surface area contributed by atoms with E-state index in [-0.39, 0.29) is 11.3 Å². The van der Waals surface area contributed by atoms with Gasteiger partial charge < -0.3 is 9.84 Å². The van der Waals surface area contributed by atoms with Crippen LogP contribution < -0.4 is 9.64 Å². The molecule has 2 aromatic carbocycles. The van der Waals surface area contributed by atoms with Gasteiger partial charge in [0.25, 0.3) is 11.7 Å². The van der Waals surface area contributed by atoms with Gasteiger partial charge in [-0.15, -0.1) is 13.2 Å². The summed E-state index contributed by atoms with van der Waals surface area (Å²) >= 11 is 3.37. The molecule has 34 heavy (non-hydrogen) atoms. The zero-order chi connectivity index (χ0) is 24.6. The van der Waals surface area contributed by atoms with Crippen LogP contribution in [0.4, 0.5) is 18.9 Å². The number of anilines is 1. The van der Waals surface area contributed by atoms with Crippen LogP contribution in [-0.4, -0.2) is 28.1 Å². The molecular formula is C24H16BrF3N2O4. The first-order valence-corrected chi connectivity index (χ1v) is 10.7. The van der Waals surface area contributed by atoms with Crippen LogP contribution in [0.25, 0.3) is 5.76 Å². The second-order valence-electron chi connectivity index (χ2n) is 7.46. The van der Waals surface area contributed by atoms with Crippen molar-refractivity contribution in [1.82, 2.24) is 4.98 Å². The highest BCUT2D eigenvalue weighted by Crippen LogP contribution is 2.43. The third kappa shape index (κ3) is 4.54. The van der Waals surface area contributed by atoms with E-state index in [4.69, 9.17) is 0 Å². The van der Waals surface area contributed by atoms with Crippen LogP contribution in [-0.2, 0) is 9.59 Å². The molecule has 1 saturated heterocycles. The number of aromatic nitrogens is 1. The highest BCUT2D eigenvalue weighted by molar-refractivity contribution is 9.10. The molecule has 2 heterocycles. The van der Waals surface area contributed by atoms with Gasteiger partial charge >= 0.3 is 6.36 Å². The van der Waals surface area contributed by atoms with Crippen molar-refractivity contribution in [2.75, 3.05) is 4.90 Å². The predicted molar refractivity (Wildman–Crippen MR) is 121 cm³/mol. The van der Waals surface area contributed by atoms with Crippen LogP contribution in [0.3, 0.4) is 0 Å². The number of benzene rings is 2. The Morgan fingerprint density at radius 2 is 1.88 bits per heavy atom. The topological polar surface area (TPSA) is 79.7 Å². The summed E-state index contributed by atoms with van der Waals surface area (Å²) in [5.41, 5.74) is 1.26. The Labute approximate surface area is 200 Å². The number of ketones is 1. The fourth-order valence-corrected chi connectivity index (χ4v) is 3.98. The van der Waals surface area contributed by atoms with Crippen molar-refractivity contribution in [3.05, 3.63) is 93.7 Å². The second-order valence-corrected chi connectivity index (χ2v) is 8.32. The summed E-state index contributed by atoms with van der Waals surface area (Å²) in [6.45, 7) is 1.80. The lowest BCUT2D eigenvalue weighted by Crippen LogP contribution is -2.29. The van der Waals surface area contributed by atoms with Gasteiger partial charge in [0.05, 0.1) is 11.6 Å². The van der Waals surface area contributed by atoms with Crippen molar-refractivity contribution in [3.8, 4) is 5.75 Å². The van der Waals surface area contributed by atoms with Gasteiger partial charge in [0, 0.05) is 34.2 Å². The van der Waals surface area contributed by atoms with Gasteiger partial charge in [0.1, 0.15) is 11.5 Å². The number of hydrogen-bond donors (Lipinski definition) is 1. The van der Waals surface area contributed by atoms with Gasteiger partial charge in [-0.05, 0) is 48.4 Å². The Hall–Kier alpha value is -3.66. The van der Waals surface area contributed by atoms with Crippen LogP contribution in [0.15, 0.2) is 77.0 Å². The SMILES string of the molecule is Cc1cc(/C(O)=C2\C(=O)C(=O)N(c3cccc(OC(F)(F)F)c3)C2c2cccnc2)ccc1Br. The Balaban J connectivity index is 1.90. The zero-order valence-electron chi connectivity index (χ0n) is 17.5. The first-order valence-electron chi connectivity index (χ1n) is 9.90. The van der Waals surface area contributed by atoms with E-state index in [9.17, 15) is 27.9 Å². The Morgan fingerprint density at radius 1 is 1.12 bits per heavy atom.